The van der Waals surface area contributed by atoms with Crippen molar-refractivity contribution in [3.8, 4) is 5.75 Å². The molecule has 1 aliphatic carbocycles. The second-order valence-electron chi connectivity index (χ2n) is 8.83. The van der Waals surface area contributed by atoms with Crippen LogP contribution < -0.4 is 15.0 Å². The molecule has 11 heteroatoms. The van der Waals surface area contributed by atoms with Crippen LogP contribution >= 0.6 is 0 Å². The van der Waals surface area contributed by atoms with Gasteiger partial charge >= 0.3 is 6.18 Å². The summed E-state index contributed by atoms with van der Waals surface area (Å²) in [4.78, 5) is 15.5. The van der Waals surface area contributed by atoms with E-state index in [0.29, 0.717) is 29.2 Å². The maximum Gasteiger partial charge on any atom is 0.389 e. The number of hydrogen-bond acceptors (Lipinski definition) is 7. The molecule has 2 aliphatic rings. The molecule has 3 atom stereocenters. The number of hydrogen-bond donors (Lipinski definition) is 1. The van der Waals surface area contributed by atoms with Gasteiger partial charge in [-0.25, -0.2) is 14.5 Å². The largest absolute Gasteiger partial charge is 0.490 e. The predicted molar refractivity (Wildman–Crippen MR) is 116 cm³/mol. The minimum absolute atomic E-state index is 0.0278. The summed E-state index contributed by atoms with van der Waals surface area (Å²) >= 11 is 0. The summed E-state index contributed by atoms with van der Waals surface area (Å²) in [5.41, 5.74) is 1.45. The van der Waals surface area contributed by atoms with E-state index >= 15 is 0 Å². The van der Waals surface area contributed by atoms with Gasteiger partial charge in [-0.2, -0.15) is 18.2 Å². The number of pyridine rings is 1. The Morgan fingerprint density at radius 1 is 1.18 bits per heavy atom. The van der Waals surface area contributed by atoms with Gasteiger partial charge in [0.2, 0.25) is 5.95 Å². The monoisotopic (exact) mass is 461 g/mol. The van der Waals surface area contributed by atoms with Crippen LogP contribution in [0.1, 0.15) is 31.4 Å². The second kappa shape index (κ2) is 8.68. The average molecular weight is 461 g/mol. The Labute approximate surface area is 189 Å². The van der Waals surface area contributed by atoms with Crippen molar-refractivity contribution >= 4 is 17.4 Å². The molecule has 4 heterocycles. The number of nitrogens with one attached hydrogen (secondary N) is 1. The van der Waals surface area contributed by atoms with Crippen molar-refractivity contribution in [2.75, 3.05) is 29.9 Å². The Kier molecular flexibility index (Phi) is 5.71. The molecule has 8 nitrogen and oxygen atoms in total. The first-order valence-electron chi connectivity index (χ1n) is 11.2. The van der Waals surface area contributed by atoms with Crippen LogP contribution in [0, 0.1) is 18.8 Å². The number of ether oxygens (including phenoxy) is 1. The molecule has 1 N–H and O–H groups in total. The SMILES string of the molecule is Cc1cc(N2CC3CC[C@@H](C2)C3Nc2nc3c(OCCCC(F)(F)F)cccn3n2)ncn1. The molecule has 2 bridgehead atoms. The Hall–Kier alpha value is -3.11. The molecule has 3 aromatic rings. The van der Waals surface area contributed by atoms with E-state index in [9.17, 15) is 13.2 Å². The number of nitrogens with zero attached hydrogens (tertiary/aromatic N) is 6. The number of fused-ring (bicyclic) bond motifs is 3. The maximum absolute atomic E-state index is 12.4. The number of rotatable bonds is 7. The van der Waals surface area contributed by atoms with E-state index in [-0.39, 0.29) is 19.1 Å². The third-order valence-electron chi connectivity index (χ3n) is 6.43. The van der Waals surface area contributed by atoms with Gasteiger partial charge in [-0.3, -0.25) is 0 Å². The molecular formula is C22H26F3N7O. The lowest BCUT2D eigenvalue weighted by atomic mass is 9.92. The van der Waals surface area contributed by atoms with Gasteiger partial charge in [-0.05, 0) is 50.2 Å². The van der Waals surface area contributed by atoms with Gasteiger partial charge in [0, 0.05) is 43.5 Å². The molecule has 176 valence electrons. The Morgan fingerprint density at radius 3 is 2.70 bits per heavy atom. The van der Waals surface area contributed by atoms with Crippen LogP contribution in [0.5, 0.6) is 5.75 Å². The van der Waals surface area contributed by atoms with E-state index in [0.717, 1.165) is 37.4 Å². The molecule has 33 heavy (non-hydrogen) atoms. The van der Waals surface area contributed by atoms with E-state index in [2.05, 4.69) is 30.3 Å². The lowest BCUT2D eigenvalue weighted by Gasteiger charge is -2.38. The first-order valence-corrected chi connectivity index (χ1v) is 11.2. The molecule has 1 saturated carbocycles. The number of aromatic nitrogens is 5. The summed E-state index contributed by atoms with van der Waals surface area (Å²) in [7, 11) is 0. The van der Waals surface area contributed by atoms with Gasteiger partial charge < -0.3 is 15.0 Å². The van der Waals surface area contributed by atoms with Gasteiger partial charge in [0.1, 0.15) is 12.1 Å². The highest BCUT2D eigenvalue weighted by atomic mass is 19.4. The third kappa shape index (κ3) is 4.81. The summed E-state index contributed by atoms with van der Waals surface area (Å²) in [6.07, 6.45) is 0.477. The van der Waals surface area contributed by atoms with Crippen LogP contribution in [-0.4, -0.2) is 56.5 Å². The number of alkyl halides is 3. The minimum atomic E-state index is -4.18. The molecule has 3 aromatic heterocycles. The molecule has 0 amide bonds. The molecule has 2 fully saturated rings. The molecule has 1 aliphatic heterocycles. The Bertz CT molecular complexity index is 1100. The summed E-state index contributed by atoms with van der Waals surface area (Å²) in [5, 5.41) is 8.04. The second-order valence-corrected chi connectivity index (χ2v) is 8.83. The summed E-state index contributed by atoms with van der Waals surface area (Å²) in [5.74, 6) is 2.80. The van der Waals surface area contributed by atoms with Crippen molar-refractivity contribution in [2.24, 2.45) is 11.8 Å². The topological polar surface area (TPSA) is 80.5 Å². The normalized spacial score (nSPS) is 22.7. The quantitative estimate of drug-likeness (QED) is 0.535. The lowest BCUT2D eigenvalue weighted by Crippen LogP contribution is -2.48. The first-order chi connectivity index (χ1) is 15.9. The highest BCUT2D eigenvalue weighted by molar-refractivity contribution is 5.56. The average Bonchev–Trinajstić information content (AvgIpc) is 3.27. The van der Waals surface area contributed by atoms with E-state index in [1.807, 2.05) is 13.0 Å². The number of aryl methyl sites for hydroxylation is 1. The van der Waals surface area contributed by atoms with E-state index in [1.54, 1.807) is 29.2 Å². The smallest absolute Gasteiger partial charge is 0.389 e. The summed E-state index contributed by atoms with van der Waals surface area (Å²) in [6.45, 7) is 3.76. The minimum Gasteiger partial charge on any atom is -0.490 e. The standard InChI is InChI=1S/C22H26F3N7O/c1-14-10-18(27-13-26-14)31-11-15-5-6-16(12-31)19(15)28-21-29-20-17(4-2-8-32(20)30-21)33-9-3-7-22(23,24)25/h2,4,8,10,13,15-16,19H,3,5-7,9,11-12H2,1H3,(H,28,30)/t15-,16?,19?/m0/s1. The van der Waals surface area contributed by atoms with Crippen LogP contribution in [0.3, 0.4) is 0 Å². The summed E-state index contributed by atoms with van der Waals surface area (Å²) < 4.78 is 44.3. The van der Waals surface area contributed by atoms with E-state index in [4.69, 9.17) is 4.74 Å². The first kappa shape index (κ1) is 21.7. The van der Waals surface area contributed by atoms with Gasteiger partial charge in [-0.1, -0.05) is 0 Å². The molecule has 0 aromatic carbocycles. The fraction of sp³-hybridized carbons (Fsp3) is 0.545. The van der Waals surface area contributed by atoms with Crippen LogP contribution in [0.15, 0.2) is 30.7 Å². The van der Waals surface area contributed by atoms with Crippen molar-refractivity contribution in [1.82, 2.24) is 24.6 Å². The molecule has 2 unspecified atom stereocenters. The van der Waals surface area contributed by atoms with Gasteiger partial charge in [0.25, 0.3) is 0 Å². The fourth-order valence-electron chi connectivity index (χ4n) is 4.92. The number of halogens is 3. The summed E-state index contributed by atoms with van der Waals surface area (Å²) in [6, 6.07) is 5.73. The van der Waals surface area contributed by atoms with Gasteiger partial charge in [0.15, 0.2) is 11.4 Å². The van der Waals surface area contributed by atoms with Crippen molar-refractivity contribution in [1.29, 1.82) is 0 Å². The van der Waals surface area contributed by atoms with Crippen LogP contribution in [0.2, 0.25) is 0 Å². The zero-order chi connectivity index (χ0) is 23.0. The zero-order valence-corrected chi connectivity index (χ0v) is 18.3. The highest BCUT2D eigenvalue weighted by Gasteiger charge is 2.43. The van der Waals surface area contributed by atoms with Crippen molar-refractivity contribution in [3.05, 3.63) is 36.4 Å². The number of piperidine rings is 1. The molecule has 5 rings (SSSR count). The van der Waals surface area contributed by atoms with Crippen LogP contribution in [0.25, 0.3) is 5.65 Å². The predicted octanol–water partition coefficient (Wildman–Crippen LogP) is 3.88. The van der Waals surface area contributed by atoms with E-state index in [1.165, 1.54) is 0 Å². The maximum atomic E-state index is 12.4. The Balaban J connectivity index is 1.25. The molecular weight excluding hydrogens is 435 g/mol. The molecule has 0 radical (unpaired) electrons. The van der Waals surface area contributed by atoms with Crippen molar-refractivity contribution in [3.63, 3.8) is 0 Å². The zero-order valence-electron chi connectivity index (χ0n) is 18.3. The highest BCUT2D eigenvalue weighted by Crippen LogP contribution is 2.39. The van der Waals surface area contributed by atoms with Crippen LogP contribution in [-0.2, 0) is 0 Å². The molecule has 1 saturated heterocycles. The lowest BCUT2D eigenvalue weighted by molar-refractivity contribution is -0.136. The van der Waals surface area contributed by atoms with Crippen molar-refractivity contribution in [2.45, 2.75) is 44.8 Å². The van der Waals surface area contributed by atoms with Crippen molar-refractivity contribution < 1.29 is 17.9 Å². The van der Waals surface area contributed by atoms with Gasteiger partial charge in [0.05, 0.1) is 6.61 Å². The Morgan fingerprint density at radius 2 is 1.97 bits per heavy atom. The fourth-order valence-corrected chi connectivity index (χ4v) is 4.92. The van der Waals surface area contributed by atoms with E-state index < -0.39 is 12.6 Å². The third-order valence-corrected chi connectivity index (χ3v) is 6.43. The van der Waals surface area contributed by atoms with Crippen LogP contribution in [0.4, 0.5) is 24.9 Å². The number of anilines is 2. The van der Waals surface area contributed by atoms with Gasteiger partial charge in [-0.15, -0.1) is 5.10 Å². The molecule has 0 spiro atoms.